The van der Waals surface area contributed by atoms with Gasteiger partial charge in [0, 0.05) is 25.6 Å². The van der Waals surface area contributed by atoms with E-state index in [4.69, 9.17) is 14.5 Å². The fourth-order valence-electron chi connectivity index (χ4n) is 4.35. The highest BCUT2D eigenvalue weighted by Crippen LogP contribution is 2.44. The lowest BCUT2D eigenvalue weighted by Gasteiger charge is -2.17. The smallest absolute Gasteiger partial charge is 0.303 e. The Morgan fingerprint density at radius 2 is 1.92 bits per heavy atom. The van der Waals surface area contributed by atoms with E-state index in [1.54, 1.807) is 7.05 Å². The highest BCUT2D eigenvalue weighted by Gasteiger charge is 2.31. The fourth-order valence-corrected chi connectivity index (χ4v) is 4.90. The Labute approximate surface area is 211 Å². The zero-order chi connectivity index (χ0) is 26.0. The van der Waals surface area contributed by atoms with Crippen molar-refractivity contribution in [2.45, 2.75) is 58.4 Å². The number of fused-ring (bicyclic) bond motifs is 1. The largest absolute Gasteiger partial charge is 0.481 e. The SMILES string of the molecule is CNC(=O)c1c(-c2ccc(C)c(C)c2)oc2nc(CN(CCCCC(=O)O)[SH](=O)=O)c(C3CC3)cc12. The van der Waals surface area contributed by atoms with Gasteiger partial charge in [-0.3, -0.25) is 9.59 Å². The van der Waals surface area contributed by atoms with E-state index >= 15 is 0 Å². The molecule has 1 saturated carbocycles. The van der Waals surface area contributed by atoms with Crippen molar-refractivity contribution in [3.8, 4) is 11.3 Å². The number of pyridine rings is 1. The highest BCUT2D eigenvalue weighted by atomic mass is 32.2. The van der Waals surface area contributed by atoms with Gasteiger partial charge in [0.15, 0.2) is 0 Å². The molecular formula is C26H31N3O6S. The van der Waals surface area contributed by atoms with Gasteiger partial charge in [-0.2, -0.15) is 4.31 Å². The average molecular weight is 514 g/mol. The molecule has 1 fully saturated rings. The van der Waals surface area contributed by atoms with E-state index in [0.29, 0.717) is 35.2 Å². The number of hydrogen-bond donors (Lipinski definition) is 3. The molecule has 0 aliphatic heterocycles. The summed E-state index contributed by atoms with van der Waals surface area (Å²) in [6.45, 7) is 4.30. The molecule has 192 valence electrons. The number of nitrogens with one attached hydrogen (secondary N) is 1. The Hall–Kier alpha value is -3.24. The lowest BCUT2D eigenvalue weighted by molar-refractivity contribution is -0.137. The van der Waals surface area contributed by atoms with Crippen LogP contribution in [-0.4, -0.2) is 48.3 Å². The third-order valence-electron chi connectivity index (χ3n) is 6.66. The van der Waals surface area contributed by atoms with Crippen molar-refractivity contribution >= 4 is 33.9 Å². The van der Waals surface area contributed by atoms with Gasteiger partial charge in [-0.1, -0.05) is 12.1 Å². The number of carboxylic acids is 1. The molecule has 1 amide bonds. The quantitative estimate of drug-likeness (QED) is 0.262. The minimum Gasteiger partial charge on any atom is -0.481 e. The Morgan fingerprint density at radius 3 is 2.53 bits per heavy atom. The molecule has 1 aliphatic rings. The molecule has 0 saturated heterocycles. The fraction of sp³-hybridized carbons (Fsp3) is 0.423. The third kappa shape index (κ3) is 5.60. The van der Waals surface area contributed by atoms with Crippen LogP contribution in [0.5, 0.6) is 0 Å². The van der Waals surface area contributed by atoms with E-state index in [-0.39, 0.29) is 37.0 Å². The van der Waals surface area contributed by atoms with Crippen molar-refractivity contribution in [1.82, 2.24) is 14.6 Å². The van der Waals surface area contributed by atoms with Crippen LogP contribution in [0.3, 0.4) is 0 Å². The van der Waals surface area contributed by atoms with Crippen molar-refractivity contribution in [1.29, 1.82) is 0 Å². The second kappa shape index (κ2) is 10.8. The summed E-state index contributed by atoms with van der Waals surface area (Å²) < 4.78 is 31.4. The summed E-state index contributed by atoms with van der Waals surface area (Å²) in [6, 6.07) is 7.79. The number of thiol groups is 1. The van der Waals surface area contributed by atoms with E-state index in [0.717, 1.165) is 35.1 Å². The van der Waals surface area contributed by atoms with Gasteiger partial charge in [0.05, 0.1) is 23.2 Å². The first kappa shape index (κ1) is 25.8. The van der Waals surface area contributed by atoms with E-state index in [9.17, 15) is 18.0 Å². The number of aromatic nitrogens is 1. The molecule has 10 heteroatoms. The molecule has 1 aromatic carbocycles. The summed E-state index contributed by atoms with van der Waals surface area (Å²) in [5.74, 6) is -0.492. The van der Waals surface area contributed by atoms with Crippen molar-refractivity contribution in [2.75, 3.05) is 13.6 Å². The predicted molar refractivity (Wildman–Crippen MR) is 136 cm³/mol. The number of rotatable bonds is 11. The first-order chi connectivity index (χ1) is 17.2. The molecule has 0 bridgehead atoms. The molecule has 0 unspecified atom stereocenters. The average Bonchev–Trinajstić information content (AvgIpc) is 3.61. The standard InChI is InChI=1S/C26H31N3O6S/c1-15-7-8-18(12-16(15)2)24-23(25(32)27-3)20-13-19(17-9-10-17)21(28-26(20)35-24)14-29(36(33)34)11-5-4-6-22(30)31/h7-8,12-13,17,36H,4-6,9-11,14H2,1-3H3,(H,27,32)(H,30,31). The third-order valence-corrected chi connectivity index (χ3v) is 7.46. The number of amides is 1. The molecule has 2 N–H and O–H groups in total. The Balaban J connectivity index is 1.76. The first-order valence-corrected chi connectivity index (χ1v) is 13.2. The van der Waals surface area contributed by atoms with E-state index in [1.807, 2.05) is 38.1 Å². The van der Waals surface area contributed by atoms with Crippen LogP contribution in [-0.2, 0) is 22.2 Å². The summed E-state index contributed by atoms with van der Waals surface area (Å²) in [4.78, 5) is 28.5. The van der Waals surface area contributed by atoms with E-state index < -0.39 is 16.9 Å². The lowest BCUT2D eigenvalue weighted by atomic mass is 9.99. The maximum Gasteiger partial charge on any atom is 0.303 e. The van der Waals surface area contributed by atoms with Gasteiger partial charge in [-0.15, -0.1) is 0 Å². The summed E-state index contributed by atoms with van der Waals surface area (Å²) in [7, 11) is -1.31. The topological polar surface area (TPSA) is 130 Å². The molecule has 0 radical (unpaired) electrons. The van der Waals surface area contributed by atoms with Gasteiger partial charge in [-0.25, -0.2) is 13.4 Å². The van der Waals surface area contributed by atoms with Crippen LogP contribution in [0.1, 0.15) is 70.8 Å². The minimum absolute atomic E-state index is 0.00304. The summed E-state index contributed by atoms with van der Waals surface area (Å²) >= 11 is 0. The van der Waals surface area contributed by atoms with E-state index in [2.05, 4.69) is 5.32 Å². The number of unbranched alkanes of at least 4 members (excludes halogenated alkanes) is 1. The summed E-state index contributed by atoms with van der Waals surface area (Å²) in [6.07, 6.45) is 2.77. The highest BCUT2D eigenvalue weighted by molar-refractivity contribution is 7.69. The monoisotopic (exact) mass is 513 g/mol. The number of carbonyl (C=O) groups is 2. The predicted octanol–water partition coefficient (Wildman–Crippen LogP) is 3.93. The molecule has 3 aromatic rings. The number of carboxylic acid groups (broad SMARTS) is 1. The molecule has 36 heavy (non-hydrogen) atoms. The van der Waals surface area contributed by atoms with Gasteiger partial charge in [0.25, 0.3) is 5.91 Å². The maximum atomic E-state index is 12.9. The van der Waals surface area contributed by atoms with E-state index in [1.165, 1.54) is 4.31 Å². The van der Waals surface area contributed by atoms with Gasteiger partial charge < -0.3 is 14.8 Å². The zero-order valence-corrected chi connectivity index (χ0v) is 21.6. The van der Waals surface area contributed by atoms with Gasteiger partial charge in [0.2, 0.25) is 16.6 Å². The summed E-state index contributed by atoms with van der Waals surface area (Å²) in [5.41, 5.74) is 5.19. The van der Waals surface area contributed by atoms with Crippen LogP contribution in [0.4, 0.5) is 0 Å². The number of carbonyl (C=O) groups excluding carboxylic acids is 1. The lowest BCUT2D eigenvalue weighted by Crippen LogP contribution is -2.24. The van der Waals surface area contributed by atoms with Crippen LogP contribution in [0.15, 0.2) is 28.7 Å². The maximum absolute atomic E-state index is 12.9. The van der Waals surface area contributed by atoms with Crippen LogP contribution in [0.25, 0.3) is 22.4 Å². The molecule has 4 rings (SSSR count). The molecule has 2 aromatic heterocycles. The van der Waals surface area contributed by atoms with Crippen molar-refractivity contribution < 1.29 is 27.5 Å². The second-order valence-corrected chi connectivity index (χ2v) is 10.4. The van der Waals surface area contributed by atoms with Crippen LogP contribution >= 0.6 is 0 Å². The number of hydrogen-bond acceptors (Lipinski definition) is 6. The number of furan rings is 1. The summed E-state index contributed by atoms with van der Waals surface area (Å²) in [5, 5.41) is 12.1. The number of aliphatic carboxylic acids is 1. The van der Waals surface area contributed by atoms with Gasteiger partial charge in [-0.05, 0) is 74.3 Å². The zero-order valence-electron chi connectivity index (χ0n) is 20.7. The van der Waals surface area contributed by atoms with Crippen LogP contribution in [0, 0.1) is 13.8 Å². The van der Waals surface area contributed by atoms with Crippen molar-refractivity contribution in [3.63, 3.8) is 0 Å². The van der Waals surface area contributed by atoms with Crippen LogP contribution < -0.4 is 5.32 Å². The Kier molecular flexibility index (Phi) is 7.75. The van der Waals surface area contributed by atoms with Crippen molar-refractivity contribution in [2.24, 2.45) is 0 Å². The minimum atomic E-state index is -2.88. The second-order valence-electron chi connectivity index (χ2n) is 9.31. The van der Waals surface area contributed by atoms with Crippen molar-refractivity contribution in [3.05, 3.63) is 52.2 Å². The molecular weight excluding hydrogens is 482 g/mol. The molecule has 2 heterocycles. The molecule has 0 spiro atoms. The van der Waals surface area contributed by atoms with Gasteiger partial charge >= 0.3 is 5.97 Å². The first-order valence-electron chi connectivity index (χ1n) is 12.1. The normalized spacial score (nSPS) is 13.6. The van der Waals surface area contributed by atoms with Crippen LogP contribution in [0.2, 0.25) is 0 Å². The number of aryl methyl sites for hydroxylation is 2. The molecule has 9 nitrogen and oxygen atoms in total. The molecule has 0 atom stereocenters. The Morgan fingerprint density at radius 1 is 1.17 bits per heavy atom. The molecule has 1 aliphatic carbocycles. The Bertz CT molecular complexity index is 1380. The number of benzene rings is 1. The number of nitrogens with zero attached hydrogens (tertiary/aromatic N) is 2. The van der Waals surface area contributed by atoms with Gasteiger partial charge in [0.1, 0.15) is 5.76 Å².